The first-order chi connectivity index (χ1) is 16.5. The minimum atomic E-state index is -0.692. The van der Waals surface area contributed by atoms with E-state index in [1.165, 1.54) is 0 Å². The van der Waals surface area contributed by atoms with Crippen molar-refractivity contribution in [2.75, 3.05) is 30.3 Å². The maximum atomic E-state index is 12.6. The van der Waals surface area contributed by atoms with E-state index >= 15 is 0 Å². The number of nitrogens with zero attached hydrogens (tertiary/aromatic N) is 1. The number of nitrogens with one attached hydrogen (secondary N) is 2. The number of benzene rings is 3. The number of aliphatic hydroxyl groups is 2. The lowest BCUT2D eigenvalue weighted by Gasteiger charge is -2.32. The van der Waals surface area contributed by atoms with Crippen LogP contribution in [0, 0.1) is 0 Å². The molecule has 0 bridgehead atoms. The fourth-order valence-electron chi connectivity index (χ4n) is 4.27. The number of rotatable bonds is 8. The molecule has 1 aliphatic heterocycles. The van der Waals surface area contributed by atoms with Crippen molar-refractivity contribution in [1.29, 1.82) is 0 Å². The van der Waals surface area contributed by atoms with Crippen molar-refractivity contribution in [1.82, 2.24) is 4.90 Å². The van der Waals surface area contributed by atoms with Gasteiger partial charge in [-0.15, -0.1) is 0 Å². The van der Waals surface area contributed by atoms with Gasteiger partial charge in [-0.2, -0.15) is 0 Å². The van der Waals surface area contributed by atoms with Gasteiger partial charge >= 0.3 is 0 Å². The Hall–Kier alpha value is -2.90. The summed E-state index contributed by atoms with van der Waals surface area (Å²) in [6.45, 7) is 1.91. The third-order valence-corrected chi connectivity index (χ3v) is 6.41. The monoisotopic (exact) mass is 479 g/mol. The summed E-state index contributed by atoms with van der Waals surface area (Å²) < 4.78 is 0. The van der Waals surface area contributed by atoms with E-state index in [-0.39, 0.29) is 18.6 Å². The molecule has 4 rings (SSSR count). The smallest absolute Gasteiger partial charge is 0.238 e. The summed E-state index contributed by atoms with van der Waals surface area (Å²) in [5, 5.41) is 27.1. The summed E-state index contributed by atoms with van der Waals surface area (Å²) >= 11 is 6.02. The average Bonchev–Trinajstić information content (AvgIpc) is 2.86. The molecule has 0 saturated carbocycles. The maximum absolute atomic E-state index is 12.6. The summed E-state index contributed by atoms with van der Waals surface area (Å²) in [5.74, 6) is -0.0527. The highest BCUT2D eigenvalue weighted by Gasteiger charge is 2.21. The summed E-state index contributed by atoms with van der Waals surface area (Å²) in [7, 11) is 0. The quantitative estimate of drug-likeness (QED) is 0.384. The number of anilines is 2. The molecule has 1 saturated heterocycles. The van der Waals surface area contributed by atoms with E-state index < -0.39 is 6.10 Å². The fraction of sp³-hybridized carbons (Fsp3) is 0.296. The van der Waals surface area contributed by atoms with Crippen molar-refractivity contribution in [3.05, 3.63) is 94.5 Å². The number of hydrogen-bond acceptors (Lipinski definition) is 5. The van der Waals surface area contributed by atoms with Crippen molar-refractivity contribution >= 4 is 28.9 Å². The highest BCUT2D eigenvalue weighted by molar-refractivity contribution is 6.30. The predicted octanol–water partition coefficient (Wildman–Crippen LogP) is 4.43. The van der Waals surface area contributed by atoms with Crippen LogP contribution >= 0.6 is 11.6 Å². The average molecular weight is 480 g/mol. The Labute approximate surface area is 205 Å². The van der Waals surface area contributed by atoms with Gasteiger partial charge in [-0.3, -0.25) is 9.69 Å². The zero-order valence-electron chi connectivity index (χ0n) is 19.0. The number of carbonyl (C=O) groups excluding carboxylic acids is 1. The molecule has 4 N–H and O–H groups in total. The molecule has 0 spiro atoms. The molecule has 1 atom stereocenters. The lowest BCUT2D eigenvalue weighted by Crippen LogP contribution is -2.42. The Morgan fingerprint density at radius 2 is 1.68 bits per heavy atom. The standard InChI is InChI=1S/C27H30ClN3O3/c28-22-8-11-25(21(16-22)18-32)29-24-12-14-31(15-13-24)17-26(33)30-23-9-6-20(7-10-23)27(34)19-4-2-1-3-5-19/h1-11,16,24,27,29,32,34H,12-15,17-18H2,(H,30,33). The van der Waals surface area contributed by atoms with E-state index in [0.29, 0.717) is 17.3 Å². The maximum Gasteiger partial charge on any atom is 0.238 e. The summed E-state index contributed by atoms with van der Waals surface area (Å²) in [6, 6.07) is 22.6. The Bertz CT molecular complexity index is 1080. The highest BCUT2D eigenvalue weighted by Crippen LogP contribution is 2.25. The van der Waals surface area contributed by atoms with E-state index in [4.69, 9.17) is 11.6 Å². The van der Waals surface area contributed by atoms with Gasteiger partial charge in [0.2, 0.25) is 5.91 Å². The number of aliphatic hydroxyl groups excluding tert-OH is 2. The second-order valence-electron chi connectivity index (χ2n) is 8.64. The number of amides is 1. The molecule has 178 valence electrons. The first kappa shape index (κ1) is 24.2. The third kappa shape index (κ3) is 6.36. The van der Waals surface area contributed by atoms with Crippen LogP contribution in [0.15, 0.2) is 72.8 Å². The van der Waals surface area contributed by atoms with Crippen LogP contribution in [-0.2, 0) is 11.4 Å². The Morgan fingerprint density at radius 3 is 2.35 bits per heavy atom. The normalized spacial score (nSPS) is 15.6. The van der Waals surface area contributed by atoms with E-state index in [1.807, 2.05) is 66.7 Å². The van der Waals surface area contributed by atoms with Gasteiger partial charge in [0.15, 0.2) is 0 Å². The van der Waals surface area contributed by atoms with Crippen LogP contribution in [0.3, 0.4) is 0 Å². The van der Waals surface area contributed by atoms with Gasteiger partial charge in [0.25, 0.3) is 0 Å². The zero-order valence-corrected chi connectivity index (χ0v) is 19.7. The van der Waals surface area contributed by atoms with Gasteiger partial charge in [-0.1, -0.05) is 54.1 Å². The molecule has 3 aromatic rings. The lowest BCUT2D eigenvalue weighted by atomic mass is 10.0. The van der Waals surface area contributed by atoms with Crippen molar-refractivity contribution in [2.45, 2.75) is 31.6 Å². The predicted molar refractivity (Wildman–Crippen MR) is 136 cm³/mol. The minimum Gasteiger partial charge on any atom is -0.392 e. The first-order valence-corrected chi connectivity index (χ1v) is 11.9. The first-order valence-electron chi connectivity index (χ1n) is 11.5. The summed E-state index contributed by atoms with van der Waals surface area (Å²) in [4.78, 5) is 14.7. The Morgan fingerprint density at radius 1 is 1.00 bits per heavy atom. The molecule has 0 aliphatic carbocycles. The fourth-order valence-corrected chi connectivity index (χ4v) is 4.46. The molecule has 0 radical (unpaired) electrons. The van der Waals surface area contributed by atoms with Crippen LogP contribution in [0.5, 0.6) is 0 Å². The van der Waals surface area contributed by atoms with Crippen LogP contribution in [0.4, 0.5) is 11.4 Å². The van der Waals surface area contributed by atoms with Gasteiger partial charge in [0.05, 0.1) is 13.2 Å². The van der Waals surface area contributed by atoms with Crippen LogP contribution in [0.25, 0.3) is 0 Å². The van der Waals surface area contributed by atoms with Gasteiger partial charge in [0.1, 0.15) is 6.10 Å². The Kier molecular flexibility index (Phi) is 8.19. The summed E-state index contributed by atoms with van der Waals surface area (Å²) in [6.07, 6.45) is 1.13. The van der Waals surface area contributed by atoms with E-state index in [9.17, 15) is 15.0 Å². The van der Waals surface area contributed by atoms with Crippen molar-refractivity contribution in [3.8, 4) is 0 Å². The lowest BCUT2D eigenvalue weighted by molar-refractivity contribution is -0.117. The summed E-state index contributed by atoms with van der Waals surface area (Å²) in [5.41, 5.74) is 4.02. The number of carbonyl (C=O) groups is 1. The molecule has 1 unspecified atom stereocenters. The SMILES string of the molecule is O=C(CN1CCC(Nc2ccc(Cl)cc2CO)CC1)Nc1ccc(C(O)c2ccccc2)cc1. The van der Waals surface area contributed by atoms with E-state index in [2.05, 4.69) is 15.5 Å². The van der Waals surface area contributed by atoms with Gasteiger partial charge in [-0.25, -0.2) is 0 Å². The molecule has 1 aliphatic rings. The van der Waals surface area contributed by atoms with Crippen molar-refractivity contribution in [2.24, 2.45) is 0 Å². The topological polar surface area (TPSA) is 84.8 Å². The number of halogens is 1. The molecule has 3 aromatic carbocycles. The molecule has 1 fully saturated rings. The largest absolute Gasteiger partial charge is 0.392 e. The van der Waals surface area contributed by atoms with E-state index in [1.54, 1.807) is 6.07 Å². The highest BCUT2D eigenvalue weighted by atomic mass is 35.5. The van der Waals surface area contributed by atoms with Crippen molar-refractivity contribution in [3.63, 3.8) is 0 Å². The van der Waals surface area contributed by atoms with Gasteiger partial charge < -0.3 is 20.8 Å². The van der Waals surface area contributed by atoms with Crippen LogP contribution < -0.4 is 10.6 Å². The number of hydrogen-bond donors (Lipinski definition) is 4. The zero-order chi connectivity index (χ0) is 23.9. The molecule has 0 aromatic heterocycles. The van der Waals surface area contributed by atoms with Crippen LogP contribution in [0.1, 0.15) is 35.6 Å². The second kappa shape index (κ2) is 11.5. The van der Waals surface area contributed by atoms with Gasteiger partial charge in [-0.05, 0) is 54.3 Å². The van der Waals surface area contributed by atoms with Crippen LogP contribution in [-0.4, -0.2) is 46.7 Å². The molecular weight excluding hydrogens is 450 g/mol. The Balaban J connectivity index is 1.24. The molecule has 1 amide bonds. The molecule has 7 heteroatoms. The third-order valence-electron chi connectivity index (χ3n) is 6.18. The molecule has 1 heterocycles. The second-order valence-corrected chi connectivity index (χ2v) is 9.07. The van der Waals surface area contributed by atoms with Crippen LogP contribution in [0.2, 0.25) is 5.02 Å². The number of piperidine rings is 1. The minimum absolute atomic E-state index is 0.0527. The van der Waals surface area contributed by atoms with E-state index in [0.717, 1.165) is 48.3 Å². The molecular formula is C27H30ClN3O3. The van der Waals surface area contributed by atoms with Gasteiger partial charge in [0, 0.05) is 41.1 Å². The van der Waals surface area contributed by atoms with Crippen molar-refractivity contribution < 1.29 is 15.0 Å². The molecule has 34 heavy (non-hydrogen) atoms. The number of likely N-dealkylation sites (tertiary alicyclic amines) is 1. The molecule has 6 nitrogen and oxygen atoms in total.